The number of amides is 1. The van der Waals surface area contributed by atoms with E-state index in [2.05, 4.69) is 20.4 Å². The highest BCUT2D eigenvalue weighted by atomic mass is 19.1. The van der Waals surface area contributed by atoms with Crippen LogP contribution in [0.4, 0.5) is 19.4 Å². The first-order valence-corrected chi connectivity index (χ1v) is 11.0. The predicted molar refractivity (Wildman–Crippen MR) is 128 cm³/mol. The highest BCUT2D eigenvalue weighted by molar-refractivity contribution is 5.86. The summed E-state index contributed by atoms with van der Waals surface area (Å²) in [6.07, 6.45) is 7.29. The second-order valence-electron chi connectivity index (χ2n) is 8.07. The number of pyridine rings is 2. The summed E-state index contributed by atoms with van der Waals surface area (Å²) < 4.78 is 36.8. The topological polar surface area (TPSA) is 86.3 Å². The van der Waals surface area contributed by atoms with Gasteiger partial charge in [0.25, 0.3) is 0 Å². The number of allylic oxidation sites excluding steroid dienone is 4. The van der Waals surface area contributed by atoms with Gasteiger partial charge in [0.2, 0.25) is 0 Å². The average Bonchev–Trinajstić information content (AvgIpc) is 3.44. The van der Waals surface area contributed by atoms with Crippen LogP contribution in [-0.4, -0.2) is 43.0 Å². The summed E-state index contributed by atoms with van der Waals surface area (Å²) in [4.78, 5) is 21.0. The lowest BCUT2D eigenvalue weighted by Gasteiger charge is -2.17. The van der Waals surface area contributed by atoms with E-state index in [1.807, 2.05) is 36.0 Å². The van der Waals surface area contributed by atoms with E-state index in [1.165, 1.54) is 12.2 Å². The number of anilines is 1. The smallest absolute Gasteiger partial charge is 0.412 e. The Hall–Kier alpha value is -4.34. The van der Waals surface area contributed by atoms with Crippen LogP contribution >= 0.6 is 0 Å². The second kappa shape index (κ2) is 9.13. The third-order valence-electron chi connectivity index (χ3n) is 5.63. The minimum atomic E-state index is -1.55. The molecule has 35 heavy (non-hydrogen) atoms. The molecule has 1 N–H and O–H groups in total. The number of aromatic nitrogens is 5. The van der Waals surface area contributed by atoms with Crippen LogP contribution in [0.1, 0.15) is 19.0 Å². The second-order valence-corrected chi connectivity index (χ2v) is 8.07. The molecule has 0 aromatic carbocycles. The average molecular weight is 476 g/mol. The van der Waals surface area contributed by atoms with E-state index in [9.17, 15) is 13.6 Å². The molecule has 0 aliphatic heterocycles. The van der Waals surface area contributed by atoms with Crippen LogP contribution < -0.4 is 5.32 Å². The lowest BCUT2D eigenvalue weighted by atomic mass is 9.97. The summed E-state index contributed by atoms with van der Waals surface area (Å²) >= 11 is 0. The van der Waals surface area contributed by atoms with Crippen molar-refractivity contribution >= 4 is 23.1 Å². The molecule has 1 amide bonds. The summed E-state index contributed by atoms with van der Waals surface area (Å²) in [5.41, 5.74) is 4.49. The van der Waals surface area contributed by atoms with Crippen LogP contribution in [0.15, 0.2) is 67.0 Å². The van der Waals surface area contributed by atoms with Gasteiger partial charge >= 0.3 is 6.09 Å². The normalized spacial score (nSPS) is 15.6. The number of imidazole rings is 1. The lowest BCUT2D eigenvalue weighted by molar-refractivity contribution is 0.168. The van der Waals surface area contributed by atoms with E-state index in [0.29, 0.717) is 16.9 Å². The van der Waals surface area contributed by atoms with Crippen molar-refractivity contribution in [2.24, 2.45) is 7.05 Å². The van der Waals surface area contributed by atoms with Crippen molar-refractivity contribution in [2.45, 2.75) is 19.5 Å². The molecule has 4 heterocycles. The molecular formula is C25H22F2N6O2. The van der Waals surface area contributed by atoms with Crippen molar-refractivity contribution in [3.8, 4) is 22.4 Å². The molecule has 0 spiro atoms. The van der Waals surface area contributed by atoms with Gasteiger partial charge in [-0.15, -0.1) is 0 Å². The zero-order valence-electron chi connectivity index (χ0n) is 19.1. The number of fused-ring (bicyclic) bond motifs is 1. The fourth-order valence-electron chi connectivity index (χ4n) is 3.99. The fourth-order valence-corrected chi connectivity index (χ4v) is 3.99. The minimum absolute atomic E-state index is 0.181. The Labute approximate surface area is 199 Å². The Morgan fingerprint density at radius 3 is 2.80 bits per heavy atom. The molecule has 1 atom stereocenters. The number of nitrogens with zero attached hydrogens (tertiary/aromatic N) is 5. The van der Waals surface area contributed by atoms with Crippen LogP contribution in [0.2, 0.25) is 0 Å². The molecule has 1 aliphatic carbocycles. The van der Waals surface area contributed by atoms with Crippen LogP contribution in [0, 0.1) is 0 Å². The van der Waals surface area contributed by atoms with E-state index < -0.39 is 18.1 Å². The number of alkyl halides is 1. The molecule has 4 aromatic heterocycles. The molecule has 8 nitrogen and oxygen atoms in total. The molecule has 0 fully saturated rings. The largest absolute Gasteiger partial charge is 0.450 e. The number of aryl methyl sites for hydroxylation is 1. The number of nitrogens with one attached hydrogen (secondary N) is 1. The van der Waals surface area contributed by atoms with Gasteiger partial charge in [0.05, 0.1) is 30.4 Å². The Bertz CT molecular complexity index is 1490. The van der Waals surface area contributed by atoms with E-state index in [4.69, 9.17) is 4.74 Å². The van der Waals surface area contributed by atoms with Gasteiger partial charge in [-0.1, -0.05) is 6.08 Å². The van der Waals surface area contributed by atoms with E-state index in [0.717, 1.165) is 11.1 Å². The van der Waals surface area contributed by atoms with Gasteiger partial charge in [0, 0.05) is 42.6 Å². The lowest BCUT2D eigenvalue weighted by Crippen LogP contribution is -2.16. The van der Waals surface area contributed by atoms with Crippen molar-refractivity contribution in [3.63, 3.8) is 0 Å². The van der Waals surface area contributed by atoms with Crippen molar-refractivity contribution in [3.05, 3.63) is 72.7 Å². The number of hydrogen-bond acceptors (Lipinski definition) is 5. The Balaban J connectivity index is 1.59. The van der Waals surface area contributed by atoms with Gasteiger partial charge in [-0.3, -0.25) is 14.4 Å². The van der Waals surface area contributed by atoms with Crippen molar-refractivity contribution in [1.29, 1.82) is 0 Å². The first-order chi connectivity index (χ1) is 16.9. The zero-order valence-corrected chi connectivity index (χ0v) is 19.1. The molecular weight excluding hydrogens is 454 g/mol. The molecule has 0 saturated carbocycles. The summed E-state index contributed by atoms with van der Waals surface area (Å²) in [5, 5.41) is 6.79. The third-order valence-corrected chi connectivity index (χ3v) is 5.63. The Kier molecular flexibility index (Phi) is 5.86. The number of hydrogen-bond donors (Lipinski definition) is 1. The Morgan fingerprint density at radius 2 is 2.06 bits per heavy atom. The number of carbonyl (C=O) groups excluding carboxylic acids is 1. The van der Waals surface area contributed by atoms with Gasteiger partial charge in [0.15, 0.2) is 0 Å². The molecule has 0 saturated heterocycles. The number of rotatable bonds is 5. The zero-order chi connectivity index (χ0) is 24.5. The highest BCUT2D eigenvalue weighted by Gasteiger charge is 2.23. The van der Waals surface area contributed by atoms with Gasteiger partial charge in [0.1, 0.15) is 23.5 Å². The summed E-state index contributed by atoms with van der Waals surface area (Å²) in [5.74, 6) is -0.352. The van der Waals surface area contributed by atoms with Crippen molar-refractivity contribution in [2.75, 3.05) is 11.9 Å². The maximum atomic E-state index is 14.7. The van der Waals surface area contributed by atoms with Crippen LogP contribution in [0.25, 0.3) is 33.6 Å². The first kappa shape index (κ1) is 22.5. The highest BCUT2D eigenvalue weighted by Crippen LogP contribution is 2.33. The monoisotopic (exact) mass is 476 g/mol. The van der Waals surface area contributed by atoms with E-state index >= 15 is 0 Å². The predicted octanol–water partition coefficient (Wildman–Crippen LogP) is 5.34. The quantitative estimate of drug-likeness (QED) is 0.420. The molecule has 0 radical (unpaired) electrons. The molecule has 10 heteroatoms. The van der Waals surface area contributed by atoms with Gasteiger partial charge in [-0.25, -0.2) is 23.5 Å². The van der Waals surface area contributed by atoms with E-state index in [-0.39, 0.29) is 30.1 Å². The third kappa shape index (κ3) is 4.54. The number of ether oxygens (including phenoxy) is 1. The maximum absolute atomic E-state index is 14.7. The standard InChI is InChI=1S/C25H22F2N6O2/c1-3-35-25(34)31-23-9-16(8-21(30-23)19-5-4-18(26)11-20(19)27)22-13-28-24-10-15(6-7-33(22)24)17-12-29-32(2)14-17/h4-10,12-14,20H,3,11H2,1-2H3,(H,30,31,34). The van der Waals surface area contributed by atoms with Gasteiger partial charge in [-0.2, -0.15) is 5.10 Å². The van der Waals surface area contributed by atoms with Crippen molar-refractivity contribution in [1.82, 2.24) is 24.1 Å². The van der Waals surface area contributed by atoms with Crippen LogP contribution in [0.3, 0.4) is 0 Å². The Morgan fingerprint density at radius 1 is 1.20 bits per heavy atom. The summed E-state index contributed by atoms with van der Waals surface area (Å²) in [6, 6.07) is 7.25. The van der Waals surface area contributed by atoms with E-state index in [1.54, 1.807) is 36.1 Å². The molecule has 5 rings (SSSR count). The molecule has 4 aromatic rings. The fraction of sp³-hybridized carbons (Fsp3) is 0.200. The molecule has 1 unspecified atom stereocenters. The number of carbonyl (C=O) groups is 1. The number of halogens is 2. The van der Waals surface area contributed by atoms with Crippen LogP contribution in [-0.2, 0) is 11.8 Å². The molecule has 178 valence electrons. The maximum Gasteiger partial charge on any atom is 0.412 e. The summed E-state index contributed by atoms with van der Waals surface area (Å²) in [6.45, 7) is 1.88. The van der Waals surface area contributed by atoms with Crippen LogP contribution in [0.5, 0.6) is 0 Å². The minimum Gasteiger partial charge on any atom is -0.450 e. The first-order valence-electron chi connectivity index (χ1n) is 11.0. The molecule has 1 aliphatic rings. The molecule has 0 bridgehead atoms. The SMILES string of the molecule is CCOC(=O)Nc1cc(-c2cnc3cc(-c4cnn(C)c4)ccn23)cc(C2=CC=C(F)CC2F)n1. The van der Waals surface area contributed by atoms with Crippen molar-refractivity contribution < 1.29 is 18.3 Å². The van der Waals surface area contributed by atoms with Gasteiger partial charge < -0.3 is 4.74 Å². The van der Waals surface area contributed by atoms with Gasteiger partial charge in [-0.05, 0) is 42.8 Å². The summed E-state index contributed by atoms with van der Waals surface area (Å²) in [7, 11) is 1.85.